The molecule has 0 spiro atoms. The van der Waals surface area contributed by atoms with Gasteiger partial charge in [-0.2, -0.15) is 4.31 Å². The van der Waals surface area contributed by atoms with Crippen LogP contribution in [-0.2, 0) is 17.1 Å². The number of sulfonamides is 1. The summed E-state index contributed by atoms with van der Waals surface area (Å²) in [6.07, 6.45) is 3.03. The van der Waals surface area contributed by atoms with Crippen molar-refractivity contribution in [2.75, 3.05) is 19.6 Å². The second-order valence-electron chi connectivity index (χ2n) is 5.71. The molecule has 3 rings (SSSR count). The molecule has 0 saturated carbocycles. The van der Waals surface area contributed by atoms with Crippen molar-refractivity contribution in [3.05, 3.63) is 48.4 Å². The van der Waals surface area contributed by atoms with Crippen molar-refractivity contribution < 1.29 is 8.42 Å². The van der Waals surface area contributed by atoms with Crippen LogP contribution in [0.2, 0.25) is 0 Å². The molecular formula is C15H21ClN4O2S. The summed E-state index contributed by atoms with van der Waals surface area (Å²) in [6.45, 7) is 1.35. The van der Waals surface area contributed by atoms with Gasteiger partial charge in [0.15, 0.2) is 5.03 Å². The van der Waals surface area contributed by atoms with Crippen LogP contribution in [0.4, 0.5) is 0 Å². The molecule has 0 radical (unpaired) electrons. The van der Waals surface area contributed by atoms with Crippen molar-refractivity contribution in [2.45, 2.75) is 10.9 Å². The number of hydrogen-bond donors (Lipinski definition) is 1. The summed E-state index contributed by atoms with van der Waals surface area (Å²) < 4.78 is 28.5. The minimum absolute atomic E-state index is 0. The highest BCUT2D eigenvalue weighted by atomic mass is 35.5. The molecule has 2 heterocycles. The summed E-state index contributed by atoms with van der Waals surface area (Å²) in [5.74, 6) is 0.255. The SMILES string of the molecule is Cl.Cn1cnc(S(=O)(=O)N2C[C@@H](CN)[C@H](c3ccccc3)C2)c1. The molecule has 1 aromatic carbocycles. The standard InChI is InChI=1S/C15H20N4O2S.ClH/c1-18-10-15(17-11-18)22(20,21)19-8-13(7-16)14(9-19)12-5-3-2-4-6-12;/h2-6,10-11,13-14H,7-9,16H2,1H3;1H/t13-,14+;/m1./s1. The minimum Gasteiger partial charge on any atom is -0.339 e. The molecule has 2 N–H and O–H groups in total. The number of imidazole rings is 1. The fourth-order valence-electron chi connectivity index (χ4n) is 3.00. The van der Waals surface area contributed by atoms with E-state index >= 15 is 0 Å². The van der Waals surface area contributed by atoms with Crippen molar-refractivity contribution in [2.24, 2.45) is 18.7 Å². The van der Waals surface area contributed by atoms with E-state index in [0.29, 0.717) is 19.6 Å². The molecule has 0 unspecified atom stereocenters. The molecular weight excluding hydrogens is 336 g/mol. The smallest absolute Gasteiger partial charge is 0.262 e. The quantitative estimate of drug-likeness (QED) is 0.892. The Morgan fingerprint density at radius 1 is 1.26 bits per heavy atom. The summed E-state index contributed by atoms with van der Waals surface area (Å²) in [7, 11) is -1.80. The van der Waals surface area contributed by atoms with Gasteiger partial charge in [-0.05, 0) is 18.0 Å². The lowest BCUT2D eigenvalue weighted by molar-refractivity contribution is 0.456. The molecule has 1 aliphatic heterocycles. The molecule has 0 bridgehead atoms. The van der Waals surface area contributed by atoms with Gasteiger partial charge in [0, 0.05) is 32.3 Å². The van der Waals surface area contributed by atoms with Crippen LogP contribution in [0.5, 0.6) is 0 Å². The number of benzene rings is 1. The Kier molecular flexibility index (Phi) is 5.46. The highest BCUT2D eigenvalue weighted by Crippen LogP contribution is 2.34. The molecule has 23 heavy (non-hydrogen) atoms. The van der Waals surface area contributed by atoms with E-state index in [-0.39, 0.29) is 29.3 Å². The number of aromatic nitrogens is 2. The Morgan fingerprint density at radius 2 is 1.96 bits per heavy atom. The van der Waals surface area contributed by atoms with Crippen molar-refractivity contribution in [3.63, 3.8) is 0 Å². The molecule has 6 nitrogen and oxygen atoms in total. The van der Waals surface area contributed by atoms with Gasteiger partial charge in [-0.1, -0.05) is 30.3 Å². The Balaban J connectivity index is 0.00000192. The lowest BCUT2D eigenvalue weighted by Crippen LogP contribution is -2.30. The van der Waals surface area contributed by atoms with E-state index in [4.69, 9.17) is 5.73 Å². The Labute approximate surface area is 142 Å². The number of nitrogens with two attached hydrogens (primary N) is 1. The van der Waals surface area contributed by atoms with Gasteiger partial charge >= 0.3 is 0 Å². The number of halogens is 1. The van der Waals surface area contributed by atoms with Crippen LogP contribution in [0.25, 0.3) is 0 Å². The highest BCUT2D eigenvalue weighted by molar-refractivity contribution is 7.89. The van der Waals surface area contributed by atoms with Crippen molar-refractivity contribution in [1.82, 2.24) is 13.9 Å². The molecule has 1 fully saturated rings. The maximum absolute atomic E-state index is 12.7. The first kappa shape index (κ1) is 17.9. The second kappa shape index (κ2) is 7.00. The Hall–Kier alpha value is -1.41. The number of rotatable bonds is 4. The first-order valence-electron chi connectivity index (χ1n) is 7.25. The summed E-state index contributed by atoms with van der Waals surface area (Å²) in [5.41, 5.74) is 7.00. The van der Waals surface area contributed by atoms with Gasteiger partial charge in [0.25, 0.3) is 10.0 Å². The van der Waals surface area contributed by atoms with Crippen molar-refractivity contribution in [1.29, 1.82) is 0 Å². The molecule has 2 aromatic rings. The third kappa shape index (κ3) is 3.42. The van der Waals surface area contributed by atoms with Gasteiger partial charge in [-0.15, -0.1) is 12.4 Å². The van der Waals surface area contributed by atoms with Crippen LogP contribution in [0.3, 0.4) is 0 Å². The lowest BCUT2D eigenvalue weighted by atomic mass is 9.89. The fraction of sp³-hybridized carbons (Fsp3) is 0.400. The zero-order valence-corrected chi connectivity index (χ0v) is 14.5. The average molecular weight is 357 g/mol. The summed E-state index contributed by atoms with van der Waals surface area (Å²) >= 11 is 0. The van der Waals surface area contributed by atoms with Gasteiger partial charge in [0.05, 0.1) is 6.33 Å². The molecule has 126 valence electrons. The van der Waals surface area contributed by atoms with Gasteiger partial charge in [0.2, 0.25) is 0 Å². The van der Waals surface area contributed by atoms with E-state index in [9.17, 15) is 8.42 Å². The van der Waals surface area contributed by atoms with Crippen LogP contribution in [0.1, 0.15) is 11.5 Å². The normalized spacial score (nSPS) is 22.0. The lowest BCUT2D eigenvalue weighted by Gasteiger charge is -2.16. The van der Waals surface area contributed by atoms with Gasteiger partial charge in [0.1, 0.15) is 0 Å². The molecule has 2 atom stereocenters. The maximum Gasteiger partial charge on any atom is 0.262 e. The maximum atomic E-state index is 12.7. The first-order valence-corrected chi connectivity index (χ1v) is 8.69. The van der Waals surface area contributed by atoms with Gasteiger partial charge < -0.3 is 10.3 Å². The van der Waals surface area contributed by atoms with Crippen molar-refractivity contribution >= 4 is 22.4 Å². The summed E-state index contributed by atoms with van der Waals surface area (Å²) in [4.78, 5) is 3.98. The predicted molar refractivity (Wildman–Crippen MR) is 90.9 cm³/mol. The average Bonchev–Trinajstić information content (AvgIpc) is 3.14. The second-order valence-corrected chi connectivity index (χ2v) is 7.60. The van der Waals surface area contributed by atoms with E-state index in [1.165, 1.54) is 16.8 Å². The molecule has 1 saturated heterocycles. The van der Waals surface area contributed by atoms with Crippen LogP contribution in [0.15, 0.2) is 47.9 Å². The van der Waals surface area contributed by atoms with Crippen molar-refractivity contribution in [3.8, 4) is 0 Å². The third-order valence-electron chi connectivity index (χ3n) is 4.22. The summed E-state index contributed by atoms with van der Waals surface area (Å²) in [6, 6.07) is 9.96. The summed E-state index contributed by atoms with van der Waals surface area (Å²) in [5, 5.41) is 0.0967. The molecule has 1 aromatic heterocycles. The zero-order chi connectivity index (χ0) is 15.7. The molecule has 1 aliphatic rings. The first-order chi connectivity index (χ1) is 10.5. The number of nitrogens with zero attached hydrogens (tertiary/aromatic N) is 3. The topological polar surface area (TPSA) is 81.2 Å². The molecule has 0 aliphatic carbocycles. The Bertz CT molecular complexity index is 748. The van der Waals surface area contributed by atoms with E-state index in [1.807, 2.05) is 30.3 Å². The van der Waals surface area contributed by atoms with Crippen LogP contribution in [-0.4, -0.2) is 41.9 Å². The highest BCUT2D eigenvalue weighted by Gasteiger charge is 2.40. The molecule has 0 amide bonds. The minimum atomic E-state index is -3.56. The molecule has 8 heteroatoms. The van der Waals surface area contributed by atoms with E-state index in [2.05, 4.69) is 4.98 Å². The van der Waals surface area contributed by atoms with E-state index in [1.54, 1.807) is 11.6 Å². The monoisotopic (exact) mass is 356 g/mol. The fourth-order valence-corrected chi connectivity index (χ4v) is 4.49. The predicted octanol–water partition coefficient (Wildman–Crippen LogP) is 1.20. The van der Waals surface area contributed by atoms with Crippen LogP contribution in [0, 0.1) is 5.92 Å². The van der Waals surface area contributed by atoms with Gasteiger partial charge in [-0.25, -0.2) is 13.4 Å². The largest absolute Gasteiger partial charge is 0.339 e. The number of hydrogen-bond acceptors (Lipinski definition) is 4. The van der Waals surface area contributed by atoms with Crippen LogP contribution < -0.4 is 5.73 Å². The zero-order valence-electron chi connectivity index (χ0n) is 12.9. The third-order valence-corrected chi connectivity index (χ3v) is 5.94. The number of aryl methyl sites for hydroxylation is 1. The van der Waals surface area contributed by atoms with Gasteiger partial charge in [-0.3, -0.25) is 0 Å². The van der Waals surface area contributed by atoms with Crippen LogP contribution >= 0.6 is 12.4 Å². The van der Waals surface area contributed by atoms with E-state index < -0.39 is 10.0 Å². The Morgan fingerprint density at radius 3 is 2.52 bits per heavy atom. The van der Waals surface area contributed by atoms with E-state index in [0.717, 1.165) is 5.56 Å².